The number of carbonyl (C=O) groups excluding carboxylic acids is 1. The number of aliphatic hydroxyl groups excluding tert-OH is 5. The maximum atomic E-state index is 12.9. The van der Waals surface area contributed by atoms with E-state index in [1.807, 2.05) is 6.08 Å². The molecule has 1 saturated heterocycles. The van der Waals surface area contributed by atoms with Crippen molar-refractivity contribution in [1.82, 2.24) is 5.32 Å². The molecule has 7 atom stereocenters. The number of nitrogens with one attached hydrogen (secondary N) is 1. The van der Waals surface area contributed by atoms with Crippen LogP contribution in [0.15, 0.2) is 122 Å². The van der Waals surface area contributed by atoms with Crippen LogP contribution in [-0.2, 0) is 14.3 Å². The fourth-order valence-electron chi connectivity index (χ4n) is 8.08. The molecule has 0 spiro atoms. The minimum atomic E-state index is -1.57. The van der Waals surface area contributed by atoms with Gasteiger partial charge in [-0.15, -0.1) is 0 Å². The number of unbranched alkanes of at least 4 members (excludes halogenated alkanes) is 18. The van der Waals surface area contributed by atoms with Gasteiger partial charge < -0.3 is 40.3 Å². The molecule has 1 fully saturated rings. The predicted octanol–water partition coefficient (Wildman–Crippen LogP) is 14.0. The van der Waals surface area contributed by atoms with E-state index in [2.05, 4.69) is 129 Å². The average Bonchev–Trinajstić information content (AvgIpc) is 3.37. The van der Waals surface area contributed by atoms with Crippen LogP contribution in [-0.4, -0.2) is 87.5 Å². The van der Waals surface area contributed by atoms with Gasteiger partial charge >= 0.3 is 0 Å². The molecule has 71 heavy (non-hydrogen) atoms. The Kier molecular flexibility index (Phi) is 46.3. The van der Waals surface area contributed by atoms with Crippen LogP contribution in [0.25, 0.3) is 0 Å². The number of hydrogen-bond donors (Lipinski definition) is 6. The van der Waals surface area contributed by atoms with Crippen molar-refractivity contribution in [1.29, 1.82) is 0 Å². The lowest BCUT2D eigenvalue weighted by Gasteiger charge is -2.40. The molecule has 0 aliphatic carbocycles. The quantitative estimate of drug-likeness (QED) is 0.0261. The number of allylic oxidation sites excluding steroid dienone is 19. The third kappa shape index (κ3) is 39.8. The van der Waals surface area contributed by atoms with Gasteiger partial charge in [-0.05, 0) is 89.9 Å². The molecule has 9 nitrogen and oxygen atoms in total. The summed E-state index contributed by atoms with van der Waals surface area (Å²) in [4.78, 5) is 12.9. The van der Waals surface area contributed by atoms with E-state index in [0.29, 0.717) is 6.42 Å². The lowest BCUT2D eigenvalue weighted by atomic mass is 9.99. The lowest BCUT2D eigenvalue weighted by Crippen LogP contribution is -2.60. The highest BCUT2D eigenvalue weighted by molar-refractivity contribution is 5.76. The Bertz CT molecular complexity index is 1520. The predicted molar refractivity (Wildman–Crippen MR) is 299 cm³/mol. The Morgan fingerprint density at radius 3 is 1.34 bits per heavy atom. The molecule has 0 aromatic carbocycles. The summed E-state index contributed by atoms with van der Waals surface area (Å²) < 4.78 is 11.2. The first-order valence-corrected chi connectivity index (χ1v) is 28.3. The van der Waals surface area contributed by atoms with Crippen LogP contribution in [0, 0.1) is 0 Å². The Balaban J connectivity index is 2.03. The average molecular weight is 991 g/mol. The van der Waals surface area contributed by atoms with E-state index in [1.165, 1.54) is 89.9 Å². The van der Waals surface area contributed by atoms with Gasteiger partial charge in [0.1, 0.15) is 24.4 Å². The largest absolute Gasteiger partial charge is 0.394 e. The molecule has 1 aliphatic rings. The third-order valence-corrected chi connectivity index (χ3v) is 12.5. The highest BCUT2D eigenvalue weighted by Gasteiger charge is 2.44. The molecular weight excluding hydrogens is 887 g/mol. The van der Waals surface area contributed by atoms with Gasteiger partial charge in [-0.1, -0.05) is 232 Å². The van der Waals surface area contributed by atoms with Gasteiger partial charge in [0.25, 0.3) is 0 Å². The zero-order valence-corrected chi connectivity index (χ0v) is 44.7. The van der Waals surface area contributed by atoms with Crippen LogP contribution < -0.4 is 5.32 Å². The standard InChI is InChI=1S/C62H103NO8/c1-3-5-7-9-11-12-13-14-15-16-17-18-19-20-21-22-23-24-25-26-27-28-29-30-31-32-33-34-35-36-37-38-39-40-41-42-43-44-46-48-50-52-58(66)63-55(56(65)51-49-47-45-10-8-6-4-2)54-70-62-61(69)60(68)59(67)57(53-64)71-62/h5,7-8,10-12,14-15,17-18,20-21,23-24,26-27,29-30,49,51,55-57,59-62,64-65,67-69H,3-4,6,9,13,16,19,22,25,28,31-48,50,52-54H2,1-2H3,(H,63,66)/b7-5-,10-8+,12-11-,15-14-,18-17-,21-20-,24-23-,27-26-,30-29-,51-49+. The van der Waals surface area contributed by atoms with E-state index < -0.39 is 49.5 Å². The second-order valence-corrected chi connectivity index (χ2v) is 19.0. The fourth-order valence-corrected chi connectivity index (χ4v) is 8.08. The van der Waals surface area contributed by atoms with Crippen molar-refractivity contribution in [2.75, 3.05) is 13.2 Å². The molecule has 0 bridgehead atoms. The molecule has 404 valence electrons. The van der Waals surface area contributed by atoms with Crippen molar-refractivity contribution in [3.05, 3.63) is 122 Å². The topological polar surface area (TPSA) is 149 Å². The summed E-state index contributed by atoms with van der Waals surface area (Å²) in [6.45, 7) is 3.51. The molecule has 0 aromatic rings. The zero-order chi connectivity index (χ0) is 51.5. The van der Waals surface area contributed by atoms with Gasteiger partial charge in [0.15, 0.2) is 6.29 Å². The maximum absolute atomic E-state index is 12.9. The van der Waals surface area contributed by atoms with E-state index >= 15 is 0 Å². The van der Waals surface area contributed by atoms with Crippen LogP contribution in [0.3, 0.4) is 0 Å². The first-order chi connectivity index (χ1) is 34.8. The fraction of sp³-hybridized carbons (Fsp3) is 0.661. The van der Waals surface area contributed by atoms with E-state index in [1.54, 1.807) is 6.08 Å². The Hall–Kier alpha value is -3.41. The molecule has 1 amide bonds. The Morgan fingerprint density at radius 2 is 0.887 bits per heavy atom. The molecule has 7 unspecified atom stereocenters. The summed E-state index contributed by atoms with van der Waals surface area (Å²) in [6, 6.07) is -0.824. The first kappa shape index (κ1) is 65.6. The molecule has 1 heterocycles. The van der Waals surface area contributed by atoms with Gasteiger partial charge in [0.05, 0.1) is 25.4 Å². The summed E-state index contributed by atoms with van der Waals surface area (Å²) in [6.07, 6.45) is 68.9. The second kappa shape index (κ2) is 50.1. The molecule has 1 aliphatic heterocycles. The van der Waals surface area contributed by atoms with Crippen molar-refractivity contribution in [2.24, 2.45) is 0 Å². The first-order valence-electron chi connectivity index (χ1n) is 28.3. The number of rotatable bonds is 46. The van der Waals surface area contributed by atoms with Crippen LogP contribution in [0.1, 0.15) is 206 Å². The summed E-state index contributed by atoms with van der Waals surface area (Å²) in [5.74, 6) is -0.196. The zero-order valence-electron chi connectivity index (χ0n) is 44.7. The maximum Gasteiger partial charge on any atom is 0.220 e. The highest BCUT2D eigenvalue weighted by Crippen LogP contribution is 2.23. The number of hydrogen-bond acceptors (Lipinski definition) is 8. The molecule has 0 saturated carbocycles. The Morgan fingerprint density at radius 1 is 0.493 bits per heavy atom. The van der Waals surface area contributed by atoms with Gasteiger partial charge in [0, 0.05) is 6.42 Å². The van der Waals surface area contributed by atoms with Crippen molar-refractivity contribution in [2.45, 2.75) is 249 Å². The summed E-state index contributed by atoms with van der Waals surface area (Å²) >= 11 is 0. The summed E-state index contributed by atoms with van der Waals surface area (Å²) in [7, 11) is 0. The van der Waals surface area contributed by atoms with Crippen LogP contribution in [0.4, 0.5) is 0 Å². The molecule has 0 radical (unpaired) electrons. The normalized spacial score (nSPS) is 20.2. The van der Waals surface area contributed by atoms with E-state index in [9.17, 15) is 30.3 Å². The van der Waals surface area contributed by atoms with Crippen molar-refractivity contribution < 1.29 is 39.8 Å². The van der Waals surface area contributed by atoms with Crippen molar-refractivity contribution in [3.8, 4) is 0 Å². The van der Waals surface area contributed by atoms with E-state index in [-0.39, 0.29) is 12.5 Å². The van der Waals surface area contributed by atoms with Crippen molar-refractivity contribution in [3.63, 3.8) is 0 Å². The summed E-state index contributed by atoms with van der Waals surface area (Å²) in [5.41, 5.74) is 0. The Labute approximate surface area is 433 Å². The monoisotopic (exact) mass is 990 g/mol. The van der Waals surface area contributed by atoms with Crippen molar-refractivity contribution >= 4 is 5.91 Å². The molecule has 6 N–H and O–H groups in total. The number of carbonyl (C=O) groups is 1. The van der Waals surface area contributed by atoms with Crippen LogP contribution in [0.2, 0.25) is 0 Å². The molecular formula is C62H103NO8. The molecule has 9 heteroatoms. The van der Waals surface area contributed by atoms with Crippen LogP contribution >= 0.6 is 0 Å². The highest BCUT2D eigenvalue weighted by atomic mass is 16.7. The van der Waals surface area contributed by atoms with Gasteiger partial charge in [0.2, 0.25) is 5.91 Å². The van der Waals surface area contributed by atoms with Crippen LogP contribution in [0.5, 0.6) is 0 Å². The molecule has 1 rings (SSSR count). The number of ether oxygens (including phenoxy) is 2. The van der Waals surface area contributed by atoms with E-state index in [4.69, 9.17) is 9.47 Å². The van der Waals surface area contributed by atoms with Gasteiger partial charge in [-0.3, -0.25) is 4.79 Å². The smallest absolute Gasteiger partial charge is 0.220 e. The lowest BCUT2D eigenvalue weighted by molar-refractivity contribution is -0.302. The summed E-state index contributed by atoms with van der Waals surface area (Å²) in [5, 5.41) is 54.0. The number of amides is 1. The second-order valence-electron chi connectivity index (χ2n) is 19.0. The third-order valence-electron chi connectivity index (χ3n) is 12.5. The minimum Gasteiger partial charge on any atom is -0.394 e. The SMILES string of the molecule is CC/C=C\C/C=C\C/C=C\C/C=C\C/C=C\C/C=C\C/C=C\C/C=C\CCCCCCCCCCCCCCCCCCC(=O)NC(COC1OC(CO)C(O)C(O)C1O)C(O)/C=C/CC/C=C/CCC. The van der Waals surface area contributed by atoms with Gasteiger partial charge in [-0.2, -0.15) is 0 Å². The van der Waals surface area contributed by atoms with E-state index in [0.717, 1.165) is 96.3 Å². The number of aliphatic hydroxyl groups is 5. The minimum absolute atomic E-state index is 0.196. The molecule has 0 aromatic heterocycles. The van der Waals surface area contributed by atoms with Gasteiger partial charge in [-0.25, -0.2) is 0 Å².